The van der Waals surface area contributed by atoms with Gasteiger partial charge in [-0.1, -0.05) is 0 Å². The van der Waals surface area contributed by atoms with Gasteiger partial charge in [0, 0.05) is 12.1 Å². The number of carboxylic acids is 1. The van der Waals surface area contributed by atoms with Crippen LogP contribution in [0, 0.1) is 5.92 Å². The summed E-state index contributed by atoms with van der Waals surface area (Å²) in [5.41, 5.74) is -0.557. The van der Waals surface area contributed by atoms with Crippen LogP contribution >= 0.6 is 0 Å². The highest BCUT2D eigenvalue weighted by Gasteiger charge is 2.29. The zero-order valence-corrected chi connectivity index (χ0v) is 16.6. The number of ether oxygens (including phenoxy) is 3. The summed E-state index contributed by atoms with van der Waals surface area (Å²) in [6.07, 6.45) is 2.03. The molecule has 0 spiro atoms. The molecule has 1 aliphatic rings. The first-order valence-corrected chi connectivity index (χ1v) is 9.21. The average molecular weight is 393 g/mol. The lowest BCUT2D eigenvalue weighted by Gasteiger charge is -2.29. The minimum absolute atomic E-state index is 0.00368. The van der Waals surface area contributed by atoms with Gasteiger partial charge >= 0.3 is 18.0 Å². The van der Waals surface area contributed by atoms with E-state index in [1.807, 2.05) is 0 Å². The molecule has 1 aromatic rings. The van der Waals surface area contributed by atoms with E-state index in [9.17, 15) is 14.4 Å². The SMILES string of the molecule is COc1cc(OC(=O)[C@H]2CC[C@@H](NC(=O)OC(C)(C)C)CC2)ccc1C(=O)O. The zero-order valence-electron chi connectivity index (χ0n) is 16.6. The van der Waals surface area contributed by atoms with Gasteiger partial charge in [0.15, 0.2) is 0 Å². The molecule has 0 radical (unpaired) electrons. The van der Waals surface area contributed by atoms with Crippen LogP contribution in [0.25, 0.3) is 0 Å². The Balaban J connectivity index is 1.87. The van der Waals surface area contributed by atoms with Crippen LogP contribution < -0.4 is 14.8 Å². The Morgan fingerprint density at radius 3 is 2.29 bits per heavy atom. The van der Waals surface area contributed by atoms with Crippen LogP contribution in [0.15, 0.2) is 18.2 Å². The van der Waals surface area contributed by atoms with Crippen molar-refractivity contribution in [3.8, 4) is 11.5 Å². The summed E-state index contributed by atoms with van der Waals surface area (Å²) >= 11 is 0. The predicted octanol–water partition coefficient (Wildman–Crippen LogP) is 3.38. The number of carbonyl (C=O) groups excluding carboxylic acids is 2. The molecule has 0 aromatic heterocycles. The maximum absolute atomic E-state index is 12.4. The van der Waals surface area contributed by atoms with Crippen LogP contribution in [-0.2, 0) is 9.53 Å². The van der Waals surface area contributed by atoms with Crippen molar-refractivity contribution in [1.29, 1.82) is 0 Å². The van der Waals surface area contributed by atoms with Gasteiger partial charge in [0.05, 0.1) is 13.0 Å². The smallest absolute Gasteiger partial charge is 0.407 e. The molecule has 28 heavy (non-hydrogen) atoms. The summed E-state index contributed by atoms with van der Waals surface area (Å²) < 4.78 is 15.7. The third kappa shape index (κ3) is 6.14. The van der Waals surface area contributed by atoms with Crippen LogP contribution in [0.4, 0.5) is 4.79 Å². The number of hydrogen-bond donors (Lipinski definition) is 2. The molecule has 0 heterocycles. The molecular formula is C20H27NO7. The molecule has 1 fully saturated rings. The number of alkyl carbamates (subject to hydrolysis) is 1. The van der Waals surface area contributed by atoms with E-state index in [1.165, 1.54) is 25.3 Å². The third-order valence-corrected chi connectivity index (χ3v) is 4.40. The van der Waals surface area contributed by atoms with Crippen molar-refractivity contribution in [3.05, 3.63) is 23.8 Å². The molecule has 0 bridgehead atoms. The van der Waals surface area contributed by atoms with E-state index in [1.54, 1.807) is 20.8 Å². The van der Waals surface area contributed by atoms with Crippen molar-refractivity contribution >= 4 is 18.0 Å². The van der Waals surface area contributed by atoms with Crippen molar-refractivity contribution in [3.63, 3.8) is 0 Å². The van der Waals surface area contributed by atoms with Crippen LogP contribution in [0.2, 0.25) is 0 Å². The van der Waals surface area contributed by atoms with Gasteiger partial charge in [-0.05, 0) is 58.6 Å². The second kappa shape index (κ2) is 8.95. The van der Waals surface area contributed by atoms with Crippen LogP contribution in [0.1, 0.15) is 56.8 Å². The summed E-state index contributed by atoms with van der Waals surface area (Å²) in [5.74, 6) is -1.41. The number of hydrogen-bond acceptors (Lipinski definition) is 6. The molecule has 154 valence electrons. The Bertz CT molecular complexity index is 731. The first-order valence-electron chi connectivity index (χ1n) is 9.21. The standard InChI is InChI=1S/C20H27NO7/c1-20(2,3)28-19(25)21-13-7-5-12(6-8-13)18(24)27-14-9-10-15(17(22)23)16(11-14)26-4/h9-13H,5-8H2,1-4H3,(H,21,25)(H,22,23)/t12-,13+. The predicted molar refractivity (Wildman–Crippen MR) is 101 cm³/mol. The number of carboxylic acid groups (broad SMARTS) is 1. The molecule has 1 amide bonds. The quantitative estimate of drug-likeness (QED) is 0.583. The van der Waals surface area contributed by atoms with Gasteiger partial charge in [-0.3, -0.25) is 4.79 Å². The summed E-state index contributed by atoms with van der Waals surface area (Å²) in [7, 11) is 1.35. The topological polar surface area (TPSA) is 111 Å². The highest BCUT2D eigenvalue weighted by atomic mass is 16.6. The fraction of sp³-hybridized carbons (Fsp3) is 0.550. The van der Waals surface area contributed by atoms with Crippen molar-refractivity contribution in [1.82, 2.24) is 5.32 Å². The Labute approximate surface area is 164 Å². The molecule has 1 aromatic carbocycles. The summed E-state index contributed by atoms with van der Waals surface area (Å²) in [6.45, 7) is 5.41. The van der Waals surface area contributed by atoms with E-state index in [4.69, 9.17) is 19.3 Å². The first kappa shape index (κ1) is 21.5. The van der Waals surface area contributed by atoms with E-state index < -0.39 is 17.7 Å². The number of methoxy groups -OCH3 is 1. The fourth-order valence-electron chi connectivity index (χ4n) is 3.06. The maximum Gasteiger partial charge on any atom is 0.407 e. The number of aromatic carboxylic acids is 1. The lowest BCUT2D eigenvalue weighted by molar-refractivity contribution is -0.140. The molecular weight excluding hydrogens is 366 g/mol. The number of esters is 1. The highest BCUT2D eigenvalue weighted by molar-refractivity contribution is 5.91. The van der Waals surface area contributed by atoms with E-state index >= 15 is 0 Å². The minimum Gasteiger partial charge on any atom is -0.496 e. The number of amides is 1. The monoisotopic (exact) mass is 393 g/mol. The number of benzene rings is 1. The second-order valence-corrected chi connectivity index (χ2v) is 7.78. The first-order chi connectivity index (χ1) is 13.1. The average Bonchev–Trinajstić information content (AvgIpc) is 2.60. The molecule has 0 aliphatic heterocycles. The molecule has 1 aliphatic carbocycles. The van der Waals surface area contributed by atoms with Gasteiger partial charge in [-0.15, -0.1) is 0 Å². The van der Waals surface area contributed by atoms with Gasteiger partial charge < -0.3 is 24.6 Å². The summed E-state index contributed by atoms with van der Waals surface area (Å²) in [5, 5.41) is 11.9. The Morgan fingerprint density at radius 1 is 1.11 bits per heavy atom. The summed E-state index contributed by atoms with van der Waals surface area (Å²) in [6, 6.07) is 4.12. The highest BCUT2D eigenvalue weighted by Crippen LogP contribution is 2.29. The normalized spacial score (nSPS) is 19.4. The maximum atomic E-state index is 12.4. The molecule has 8 heteroatoms. The van der Waals surface area contributed by atoms with Crippen LogP contribution in [0.5, 0.6) is 11.5 Å². The van der Waals surface area contributed by atoms with Crippen LogP contribution in [-0.4, -0.2) is 41.9 Å². The molecule has 1 saturated carbocycles. The Hall–Kier alpha value is -2.77. The van der Waals surface area contributed by atoms with E-state index in [-0.39, 0.29) is 35.0 Å². The van der Waals surface area contributed by atoms with Crippen molar-refractivity contribution < 1.29 is 33.7 Å². The Morgan fingerprint density at radius 2 is 1.75 bits per heavy atom. The van der Waals surface area contributed by atoms with E-state index in [0.717, 1.165) is 0 Å². The molecule has 0 atom stereocenters. The van der Waals surface area contributed by atoms with Gasteiger partial charge in [0.25, 0.3) is 0 Å². The number of carbonyl (C=O) groups is 3. The lowest BCUT2D eigenvalue weighted by atomic mass is 9.86. The zero-order chi connectivity index (χ0) is 20.9. The molecule has 0 unspecified atom stereocenters. The summed E-state index contributed by atoms with van der Waals surface area (Å²) in [4.78, 5) is 35.4. The molecule has 8 nitrogen and oxygen atoms in total. The number of rotatable bonds is 5. The van der Waals surface area contributed by atoms with Gasteiger partial charge in [-0.2, -0.15) is 0 Å². The van der Waals surface area contributed by atoms with Crippen LogP contribution in [0.3, 0.4) is 0 Å². The van der Waals surface area contributed by atoms with Gasteiger partial charge in [-0.25, -0.2) is 9.59 Å². The minimum atomic E-state index is -1.12. The van der Waals surface area contributed by atoms with Crippen molar-refractivity contribution in [2.75, 3.05) is 7.11 Å². The fourth-order valence-corrected chi connectivity index (χ4v) is 3.06. The molecule has 2 N–H and O–H groups in total. The largest absolute Gasteiger partial charge is 0.496 e. The van der Waals surface area contributed by atoms with Gasteiger partial charge in [0.2, 0.25) is 0 Å². The number of nitrogens with one attached hydrogen (secondary N) is 1. The Kier molecular flexibility index (Phi) is 6.88. The van der Waals surface area contributed by atoms with Crippen molar-refractivity contribution in [2.24, 2.45) is 5.92 Å². The van der Waals surface area contributed by atoms with Gasteiger partial charge in [0.1, 0.15) is 22.7 Å². The van der Waals surface area contributed by atoms with E-state index in [2.05, 4.69) is 5.32 Å². The lowest BCUT2D eigenvalue weighted by Crippen LogP contribution is -2.41. The molecule has 0 saturated heterocycles. The third-order valence-electron chi connectivity index (χ3n) is 4.40. The van der Waals surface area contributed by atoms with E-state index in [0.29, 0.717) is 25.7 Å². The van der Waals surface area contributed by atoms with Crippen molar-refractivity contribution in [2.45, 2.75) is 58.1 Å². The molecule has 2 rings (SSSR count). The second-order valence-electron chi connectivity index (χ2n) is 7.78.